The van der Waals surface area contributed by atoms with E-state index in [1.165, 1.54) is 19.2 Å². The number of ether oxygens (including phenoxy) is 3. The largest absolute Gasteiger partial charge is 0.494 e. The van der Waals surface area contributed by atoms with Gasteiger partial charge in [-0.25, -0.2) is 9.97 Å². The molecule has 9 nitrogen and oxygen atoms in total. The second-order valence-corrected chi connectivity index (χ2v) is 9.29. The number of nitrogens with zero attached hydrogens (tertiary/aromatic N) is 3. The number of hydrogen-bond donors (Lipinski definition) is 1. The van der Waals surface area contributed by atoms with Crippen LogP contribution in [0.5, 0.6) is 11.5 Å². The van der Waals surface area contributed by atoms with Crippen molar-refractivity contribution in [2.45, 2.75) is 25.2 Å². The summed E-state index contributed by atoms with van der Waals surface area (Å²) >= 11 is 0. The SMILES string of the molecule is COc1ccc(-c2nc(C(=O)N3CCOC(COc4ccccc4)C3)c([C@H](C)N)o2)c2ccc(C(F)(F)F)nc12. The summed E-state index contributed by atoms with van der Waals surface area (Å²) < 4.78 is 62.8. The fourth-order valence-electron chi connectivity index (χ4n) is 4.47. The van der Waals surface area contributed by atoms with Crippen molar-refractivity contribution >= 4 is 16.8 Å². The average Bonchev–Trinajstić information content (AvgIpc) is 3.41. The van der Waals surface area contributed by atoms with Crippen LogP contribution in [0.4, 0.5) is 13.2 Å². The number of oxazole rings is 1. The molecule has 1 amide bonds. The van der Waals surface area contributed by atoms with Gasteiger partial charge in [0.1, 0.15) is 35.4 Å². The predicted octanol–water partition coefficient (Wildman–Crippen LogP) is 4.86. The molecule has 0 bridgehead atoms. The number of para-hydroxylation sites is 1. The van der Waals surface area contributed by atoms with E-state index in [9.17, 15) is 18.0 Å². The molecule has 0 aliphatic carbocycles. The zero-order chi connectivity index (χ0) is 28.4. The molecule has 2 N–H and O–H groups in total. The van der Waals surface area contributed by atoms with Crippen molar-refractivity contribution < 1.29 is 36.6 Å². The molecule has 12 heteroatoms. The average molecular weight is 557 g/mol. The molecule has 2 aromatic heterocycles. The van der Waals surface area contributed by atoms with E-state index in [0.717, 1.165) is 6.07 Å². The third-order valence-electron chi connectivity index (χ3n) is 6.44. The van der Waals surface area contributed by atoms with Gasteiger partial charge in [-0.2, -0.15) is 13.2 Å². The molecule has 210 valence electrons. The number of pyridine rings is 1. The van der Waals surface area contributed by atoms with Crippen LogP contribution in [-0.4, -0.2) is 60.3 Å². The topological polar surface area (TPSA) is 113 Å². The predicted molar refractivity (Wildman–Crippen MR) is 139 cm³/mol. The normalized spacial score (nSPS) is 16.6. The molecule has 1 saturated heterocycles. The molecule has 0 spiro atoms. The number of fused-ring (bicyclic) bond motifs is 1. The summed E-state index contributed by atoms with van der Waals surface area (Å²) in [6.07, 6.45) is -5.00. The second kappa shape index (κ2) is 11.1. The third-order valence-corrected chi connectivity index (χ3v) is 6.44. The van der Waals surface area contributed by atoms with Gasteiger partial charge in [-0.3, -0.25) is 4.79 Å². The van der Waals surface area contributed by atoms with Gasteiger partial charge in [-0.15, -0.1) is 0 Å². The first kappa shape index (κ1) is 27.4. The number of alkyl halides is 3. The van der Waals surface area contributed by atoms with Crippen LogP contribution < -0.4 is 15.2 Å². The standard InChI is InChI=1S/C28H27F3N4O5/c1-16(32)25-24(27(36)35-12-13-38-18(14-35)15-39-17-6-4-3-5-7-17)34-26(40-25)20-8-10-21(37-2)23-19(20)9-11-22(33-23)28(29,30)31/h3-11,16,18H,12-15,32H2,1-2H3/t16-,18?/m0/s1. The first-order valence-electron chi connectivity index (χ1n) is 12.6. The number of rotatable bonds is 7. The van der Waals surface area contributed by atoms with Crippen molar-refractivity contribution in [1.82, 2.24) is 14.9 Å². The number of morpholine rings is 1. The summed E-state index contributed by atoms with van der Waals surface area (Å²) in [4.78, 5) is 23.4. The molecule has 5 rings (SSSR count). The lowest BCUT2D eigenvalue weighted by Gasteiger charge is -2.32. The lowest BCUT2D eigenvalue weighted by Crippen LogP contribution is -2.48. The van der Waals surface area contributed by atoms with Crippen molar-refractivity contribution in [3.05, 3.63) is 71.7 Å². The third kappa shape index (κ3) is 5.58. The van der Waals surface area contributed by atoms with Crippen LogP contribution in [0.2, 0.25) is 0 Å². The minimum absolute atomic E-state index is 0.0160. The Balaban J connectivity index is 1.44. The van der Waals surface area contributed by atoms with Crippen molar-refractivity contribution in [1.29, 1.82) is 0 Å². The van der Waals surface area contributed by atoms with E-state index in [1.54, 1.807) is 17.9 Å². The zero-order valence-electron chi connectivity index (χ0n) is 21.8. The van der Waals surface area contributed by atoms with Crippen LogP contribution in [0.3, 0.4) is 0 Å². The number of hydrogen-bond acceptors (Lipinski definition) is 8. The maximum absolute atomic E-state index is 13.6. The summed E-state index contributed by atoms with van der Waals surface area (Å²) in [7, 11) is 1.34. The first-order valence-corrected chi connectivity index (χ1v) is 12.6. The van der Waals surface area contributed by atoms with Gasteiger partial charge in [0, 0.05) is 17.5 Å². The van der Waals surface area contributed by atoms with E-state index in [1.807, 2.05) is 30.3 Å². The van der Waals surface area contributed by atoms with Crippen LogP contribution in [0.25, 0.3) is 22.4 Å². The molecule has 2 aromatic carbocycles. The Kier molecular flexibility index (Phi) is 7.63. The second-order valence-electron chi connectivity index (χ2n) is 9.29. The number of halogens is 3. The molecule has 4 aromatic rings. The van der Waals surface area contributed by atoms with Gasteiger partial charge in [0.05, 0.1) is 26.3 Å². The Hall–Kier alpha value is -4.16. The van der Waals surface area contributed by atoms with Gasteiger partial charge in [0.15, 0.2) is 11.5 Å². The quantitative estimate of drug-likeness (QED) is 0.344. The van der Waals surface area contributed by atoms with Crippen molar-refractivity contribution in [2.75, 3.05) is 33.4 Å². The summed E-state index contributed by atoms with van der Waals surface area (Å²) in [6.45, 7) is 2.81. The lowest BCUT2D eigenvalue weighted by atomic mass is 10.1. The first-order chi connectivity index (χ1) is 19.2. The van der Waals surface area contributed by atoms with Gasteiger partial charge in [-0.05, 0) is 43.3 Å². The molecule has 1 aliphatic rings. The van der Waals surface area contributed by atoms with Crippen molar-refractivity contribution in [2.24, 2.45) is 5.73 Å². The molecular weight excluding hydrogens is 529 g/mol. The number of carbonyl (C=O) groups excluding carboxylic acids is 1. The van der Waals surface area contributed by atoms with Gasteiger partial charge in [0.2, 0.25) is 5.89 Å². The van der Waals surface area contributed by atoms with E-state index in [4.69, 9.17) is 24.4 Å². The zero-order valence-corrected chi connectivity index (χ0v) is 21.8. The minimum atomic E-state index is -4.64. The maximum Gasteiger partial charge on any atom is 0.433 e. The van der Waals surface area contributed by atoms with Crippen LogP contribution in [0, 0.1) is 0 Å². The van der Waals surface area contributed by atoms with E-state index < -0.39 is 23.8 Å². The molecule has 0 radical (unpaired) electrons. The molecule has 0 saturated carbocycles. The summed E-state index contributed by atoms with van der Waals surface area (Å²) in [5.74, 6) is 0.635. The molecule has 1 fully saturated rings. The number of amides is 1. The van der Waals surface area contributed by atoms with Crippen molar-refractivity contribution in [3.8, 4) is 23.0 Å². The van der Waals surface area contributed by atoms with Crippen LogP contribution in [-0.2, 0) is 10.9 Å². The van der Waals surface area contributed by atoms with Crippen LogP contribution in [0.15, 0.2) is 59.0 Å². The fraction of sp³-hybridized carbons (Fsp3) is 0.321. The Morgan fingerprint density at radius 3 is 2.62 bits per heavy atom. The van der Waals surface area contributed by atoms with E-state index >= 15 is 0 Å². The van der Waals surface area contributed by atoms with Crippen LogP contribution >= 0.6 is 0 Å². The summed E-state index contributed by atoms with van der Waals surface area (Å²) in [5, 5.41) is 0.313. The van der Waals surface area contributed by atoms with E-state index in [0.29, 0.717) is 29.9 Å². The Morgan fingerprint density at radius 1 is 1.15 bits per heavy atom. The number of carbonyl (C=O) groups is 1. The van der Waals surface area contributed by atoms with Gasteiger partial charge in [-0.1, -0.05) is 18.2 Å². The molecule has 2 atom stereocenters. The highest BCUT2D eigenvalue weighted by atomic mass is 19.4. The molecule has 40 heavy (non-hydrogen) atoms. The number of benzene rings is 2. The number of aromatic nitrogens is 2. The molecule has 1 aliphatic heterocycles. The Bertz CT molecular complexity index is 1510. The van der Waals surface area contributed by atoms with E-state index in [-0.39, 0.29) is 47.9 Å². The maximum atomic E-state index is 13.6. The Morgan fingerprint density at radius 2 is 1.93 bits per heavy atom. The lowest BCUT2D eigenvalue weighted by molar-refractivity contribution is -0.140. The monoisotopic (exact) mass is 556 g/mol. The van der Waals surface area contributed by atoms with Gasteiger partial charge < -0.3 is 29.3 Å². The minimum Gasteiger partial charge on any atom is -0.494 e. The Labute approximate surface area is 227 Å². The molecule has 1 unspecified atom stereocenters. The summed E-state index contributed by atoms with van der Waals surface area (Å²) in [6, 6.07) is 13.8. The van der Waals surface area contributed by atoms with Crippen molar-refractivity contribution in [3.63, 3.8) is 0 Å². The highest BCUT2D eigenvalue weighted by molar-refractivity contribution is 5.98. The van der Waals surface area contributed by atoms with Gasteiger partial charge >= 0.3 is 6.18 Å². The molecular formula is C28H27F3N4O5. The van der Waals surface area contributed by atoms with Gasteiger partial charge in [0.25, 0.3) is 5.91 Å². The highest BCUT2D eigenvalue weighted by Crippen LogP contribution is 2.37. The number of nitrogens with two attached hydrogens (primary N) is 1. The fourth-order valence-corrected chi connectivity index (χ4v) is 4.47. The van der Waals surface area contributed by atoms with E-state index in [2.05, 4.69) is 9.97 Å². The smallest absolute Gasteiger partial charge is 0.433 e. The number of methoxy groups -OCH3 is 1. The highest BCUT2D eigenvalue weighted by Gasteiger charge is 2.34. The van der Waals surface area contributed by atoms with Crippen LogP contribution in [0.1, 0.15) is 34.9 Å². The molecule has 3 heterocycles. The summed E-state index contributed by atoms with van der Waals surface area (Å²) in [5.41, 5.74) is 5.42.